The number of carbonyl (C=O) groups is 2. The molecule has 0 unspecified atom stereocenters. The van der Waals surface area contributed by atoms with Crippen molar-refractivity contribution in [2.75, 3.05) is 0 Å². The fraction of sp³-hybridized carbons (Fsp3) is 0.444. The molecule has 6 heteroatoms. The number of rotatable bonds is 5. The Morgan fingerprint density at radius 2 is 1.71 bits per heavy atom. The highest BCUT2D eigenvalue weighted by Crippen LogP contribution is 2.37. The lowest BCUT2D eigenvalue weighted by Crippen LogP contribution is -2.28. The maximum Gasteiger partial charge on any atom is 0.454 e. The summed E-state index contributed by atoms with van der Waals surface area (Å²) in [6.07, 6.45) is 2.05. The van der Waals surface area contributed by atoms with Crippen LogP contribution in [0.2, 0.25) is 0 Å². The number of ketones is 1. The molecule has 24 heavy (non-hydrogen) atoms. The highest BCUT2D eigenvalue weighted by atomic mass is 19.4. The van der Waals surface area contributed by atoms with E-state index in [1.807, 2.05) is 0 Å². The second kappa shape index (κ2) is 7.20. The normalized spacial score (nSPS) is 18.2. The van der Waals surface area contributed by atoms with Gasteiger partial charge in [-0.25, -0.2) is 0 Å². The van der Waals surface area contributed by atoms with Gasteiger partial charge < -0.3 is 10.5 Å². The van der Waals surface area contributed by atoms with Gasteiger partial charge >= 0.3 is 6.18 Å². The molecule has 1 fully saturated rings. The average molecular weight is 339 g/mol. The smallest absolute Gasteiger partial charge is 0.398 e. The monoisotopic (exact) mass is 339 g/mol. The Hall–Kier alpha value is -2.11. The molecule has 1 saturated carbocycles. The van der Waals surface area contributed by atoms with Crippen LogP contribution >= 0.6 is 0 Å². The van der Waals surface area contributed by atoms with Crippen LogP contribution in [0.5, 0.6) is 0 Å². The van der Waals surface area contributed by atoms with Crippen molar-refractivity contribution in [3.63, 3.8) is 0 Å². The lowest BCUT2D eigenvalue weighted by atomic mass is 9.71. The van der Waals surface area contributed by atoms with E-state index in [4.69, 9.17) is 5.73 Å². The van der Waals surface area contributed by atoms with Gasteiger partial charge in [0.1, 0.15) is 6.29 Å². The average Bonchev–Trinajstić information content (AvgIpc) is 2.55. The van der Waals surface area contributed by atoms with Gasteiger partial charge in [-0.05, 0) is 30.4 Å². The van der Waals surface area contributed by atoms with E-state index in [1.165, 1.54) is 0 Å². The Balaban J connectivity index is 2.11. The van der Waals surface area contributed by atoms with Crippen LogP contribution in [-0.4, -0.2) is 18.2 Å². The number of hydrogen-bond acceptors (Lipinski definition) is 3. The summed E-state index contributed by atoms with van der Waals surface area (Å²) in [6.45, 7) is 0. The van der Waals surface area contributed by atoms with Crippen molar-refractivity contribution in [1.82, 2.24) is 0 Å². The topological polar surface area (TPSA) is 60.2 Å². The number of benzene rings is 1. The van der Waals surface area contributed by atoms with Gasteiger partial charge in [-0.2, -0.15) is 13.2 Å². The molecule has 2 N–H and O–H groups in total. The Kier molecular flexibility index (Phi) is 5.47. The first kappa shape index (κ1) is 18.2. The van der Waals surface area contributed by atoms with Crippen LogP contribution in [0.3, 0.4) is 0 Å². The number of aldehydes is 1. The van der Waals surface area contributed by atoms with Crippen LogP contribution < -0.4 is 5.73 Å². The molecule has 0 atom stereocenters. The Labute approximate surface area is 138 Å². The van der Waals surface area contributed by atoms with Gasteiger partial charge in [0.2, 0.25) is 0 Å². The van der Waals surface area contributed by atoms with Gasteiger partial charge in [0.15, 0.2) is 0 Å². The maximum atomic E-state index is 12.2. The van der Waals surface area contributed by atoms with E-state index >= 15 is 0 Å². The number of alkyl halides is 3. The highest BCUT2D eigenvalue weighted by Gasteiger charge is 2.36. The number of halogens is 3. The van der Waals surface area contributed by atoms with Gasteiger partial charge in [0.25, 0.3) is 5.78 Å². The van der Waals surface area contributed by atoms with E-state index in [1.54, 1.807) is 24.3 Å². The molecular formula is C18H20F3NO2. The van der Waals surface area contributed by atoms with E-state index in [0.717, 1.165) is 44.0 Å². The third-order valence-electron chi connectivity index (χ3n) is 4.51. The minimum Gasteiger partial charge on any atom is -0.398 e. The highest BCUT2D eigenvalue weighted by molar-refractivity contribution is 5.99. The van der Waals surface area contributed by atoms with Gasteiger partial charge in [0, 0.05) is 17.2 Å². The predicted octanol–water partition coefficient (Wildman–Crippen LogP) is 3.81. The third-order valence-corrected chi connectivity index (χ3v) is 4.51. The van der Waals surface area contributed by atoms with Crippen LogP contribution in [0.15, 0.2) is 30.3 Å². The first-order chi connectivity index (χ1) is 11.3. The van der Waals surface area contributed by atoms with E-state index in [0.29, 0.717) is 18.1 Å². The van der Waals surface area contributed by atoms with E-state index < -0.39 is 12.0 Å². The van der Waals surface area contributed by atoms with Crippen LogP contribution in [0.4, 0.5) is 13.2 Å². The summed E-state index contributed by atoms with van der Waals surface area (Å²) in [5.74, 6) is -1.98. The number of carbonyl (C=O) groups excluding carboxylic acids is 2. The minimum absolute atomic E-state index is 0.230. The first-order valence-corrected chi connectivity index (χ1v) is 7.90. The second-order valence-electron chi connectivity index (χ2n) is 6.38. The second-order valence-corrected chi connectivity index (χ2v) is 6.38. The summed E-state index contributed by atoms with van der Waals surface area (Å²) < 4.78 is 36.7. The van der Waals surface area contributed by atoms with Crippen molar-refractivity contribution < 1.29 is 22.8 Å². The van der Waals surface area contributed by atoms with Crippen LogP contribution in [0.25, 0.3) is 5.70 Å². The van der Waals surface area contributed by atoms with Crippen molar-refractivity contribution >= 4 is 17.8 Å². The maximum absolute atomic E-state index is 12.2. The Bertz CT molecular complexity index is 627. The SMILES string of the molecule is NC(=CC(=O)C(F)(F)F)c1ccc(CC2(C=O)CCCCC2)cc1. The van der Waals surface area contributed by atoms with Gasteiger partial charge in [-0.3, -0.25) is 4.79 Å². The van der Waals surface area contributed by atoms with Gasteiger partial charge in [-0.15, -0.1) is 0 Å². The zero-order valence-corrected chi connectivity index (χ0v) is 13.2. The number of nitrogens with two attached hydrogens (primary N) is 1. The molecule has 0 radical (unpaired) electrons. The number of hydrogen-bond donors (Lipinski definition) is 1. The summed E-state index contributed by atoms with van der Waals surface area (Å²) in [7, 11) is 0. The molecule has 1 aliphatic carbocycles. The quantitative estimate of drug-likeness (QED) is 0.655. The van der Waals surface area contributed by atoms with E-state index in [2.05, 4.69) is 0 Å². The zero-order valence-electron chi connectivity index (χ0n) is 13.2. The minimum atomic E-state index is -4.93. The van der Waals surface area contributed by atoms with Crippen molar-refractivity contribution in [2.45, 2.75) is 44.7 Å². The lowest BCUT2D eigenvalue weighted by molar-refractivity contribution is -0.165. The molecule has 1 aliphatic rings. The molecule has 1 aromatic rings. The molecule has 0 amide bonds. The standard InChI is InChI=1S/C18H20F3NO2/c19-18(20,21)16(24)10-15(22)14-6-4-13(5-7-14)11-17(12-23)8-2-1-3-9-17/h4-7,10,12H,1-3,8-9,11,22H2. The van der Waals surface area contributed by atoms with Crippen LogP contribution in [0, 0.1) is 5.41 Å². The van der Waals surface area contributed by atoms with Gasteiger partial charge in [0.05, 0.1) is 0 Å². The molecule has 0 aliphatic heterocycles. The molecule has 0 bridgehead atoms. The summed E-state index contributed by atoms with van der Waals surface area (Å²) >= 11 is 0. The van der Waals surface area contributed by atoms with Crippen molar-refractivity contribution in [3.8, 4) is 0 Å². The molecule has 0 aromatic heterocycles. The van der Waals surface area contributed by atoms with Crippen LogP contribution in [-0.2, 0) is 16.0 Å². The van der Waals surface area contributed by atoms with Crippen molar-refractivity contribution in [3.05, 3.63) is 41.5 Å². The molecule has 3 nitrogen and oxygen atoms in total. The first-order valence-electron chi connectivity index (χ1n) is 7.90. The largest absolute Gasteiger partial charge is 0.454 e. The molecule has 0 saturated heterocycles. The Morgan fingerprint density at radius 1 is 1.12 bits per heavy atom. The summed E-state index contributed by atoms with van der Waals surface area (Å²) in [5, 5.41) is 0. The fourth-order valence-corrected chi connectivity index (χ4v) is 3.12. The van der Waals surface area contributed by atoms with E-state index in [-0.39, 0.29) is 11.1 Å². The molecule has 130 valence electrons. The zero-order chi connectivity index (χ0) is 17.8. The molecule has 1 aromatic carbocycles. The van der Waals surface area contributed by atoms with Crippen molar-refractivity contribution in [2.24, 2.45) is 11.1 Å². The molecular weight excluding hydrogens is 319 g/mol. The molecule has 0 heterocycles. The lowest BCUT2D eigenvalue weighted by Gasteiger charge is -2.32. The summed E-state index contributed by atoms with van der Waals surface area (Å²) in [6, 6.07) is 6.64. The Morgan fingerprint density at radius 3 is 2.21 bits per heavy atom. The van der Waals surface area contributed by atoms with Gasteiger partial charge in [-0.1, -0.05) is 43.5 Å². The summed E-state index contributed by atoms with van der Waals surface area (Å²) in [4.78, 5) is 22.4. The van der Waals surface area contributed by atoms with Crippen LogP contribution in [0.1, 0.15) is 43.2 Å². The predicted molar refractivity (Wildman–Crippen MR) is 85.0 cm³/mol. The number of allylic oxidation sites excluding steroid dienone is 1. The molecule has 0 spiro atoms. The van der Waals surface area contributed by atoms with E-state index in [9.17, 15) is 22.8 Å². The molecule has 2 rings (SSSR count). The third kappa shape index (κ3) is 4.46. The summed E-state index contributed by atoms with van der Waals surface area (Å²) in [5.41, 5.74) is 6.27. The van der Waals surface area contributed by atoms with Crippen molar-refractivity contribution in [1.29, 1.82) is 0 Å². The fourth-order valence-electron chi connectivity index (χ4n) is 3.12.